The molecule has 21 heavy (non-hydrogen) atoms. The van der Waals surface area contributed by atoms with Crippen LogP contribution >= 0.6 is 23.2 Å². The van der Waals surface area contributed by atoms with Gasteiger partial charge in [-0.1, -0.05) is 47.0 Å². The van der Waals surface area contributed by atoms with Crippen molar-refractivity contribution in [1.29, 1.82) is 0 Å². The smallest absolute Gasteiger partial charge is 0.175 e. The second kappa shape index (κ2) is 6.73. The molecule has 0 N–H and O–H groups in total. The summed E-state index contributed by atoms with van der Waals surface area (Å²) in [6.07, 6.45) is 0. The maximum atomic E-state index is 12.3. The minimum Gasteiger partial charge on any atom is -0.293 e. The molecule has 0 aliphatic heterocycles. The summed E-state index contributed by atoms with van der Waals surface area (Å²) < 4.78 is 12.3. The topological polar surface area (TPSA) is 34.1 Å². The number of benzene rings is 2. The number of ketones is 1. The summed E-state index contributed by atoms with van der Waals surface area (Å²) in [5.74, 6) is -0.272. The Balaban J connectivity index is 2.23. The molecule has 0 bridgehead atoms. The first-order chi connectivity index (χ1) is 9.88. The first-order valence-electron chi connectivity index (χ1n) is 6.32. The van der Waals surface area contributed by atoms with Gasteiger partial charge < -0.3 is 0 Å². The molecule has 0 fully saturated rings. The zero-order chi connectivity index (χ0) is 15.6. The Morgan fingerprint density at radius 2 is 1.81 bits per heavy atom. The molecule has 5 heteroatoms. The fourth-order valence-electron chi connectivity index (χ4n) is 2.05. The summed E-state index contributed by atoms with van der Waals surface area (Å²) in [7, 11) is -1.52. The Bertz CT molecular complexity index is 726. The lowest BCUT2D eigenvalue weighted by Gasteiger charge is -2.07. The minimum absolute atomic E-state index is 0.107. The van der Waals surface area contributed by atoms with E-state index in [1.54, 1.807) is 18.2 Å². The van der Waals surface area contributed by atoms with Gasteiger partial charge in [0.1, 0.15) is 0 Å². The highest BCUT2D eigenvalue weighted by atomic mass is 35.5. The average Bonchev–Trinajstić information content (AvgIpc) is 2.41. The number of hydrogen-bond donors (Lipinski definition) is 0. The Morgan fingerprint density at radius 3 is 2.48 bits per heavy atom. The SMILES string of the molecule is Cc1ccc(C(=O)CS(=O)c2cc(Cl)ccc2Cl)c(C)c1. The molecule has 0 radical (unpaired) electrons. The van der Waals surface area contributed by atoms with Crippen LogP contribution in [-0.2, 0) is 10.8 Å². The van der Waals surface area contributed by atoms with E-state index in [-0.39, 0.29) is 11.5 Å². The third-order valence-corrected chi connectivity index (χ3v) is 5.11. The van der Waals surface area contributed by atoms with Crippen LogP contribution < -0.4 is 0 Å². The van der Waals surface area contributed by atoms with Crippen LogP contribution in [0.15, 0.2) is 41.3 Å². The van der Waals surface area contributed by atoms with Crippen LogP contribution in [0.4, 0.5) is 0 Å². The highest BCUT2D eigenvalue weighted by molar-refractivity contribution is 7.86. The van der Waals surface area contributed by atoms with Crippen molar-refractivity contribution in [3.05, 3.63) is 63.1 Å². The molecule has 1 unspecified atom stereocenters. The van der Waals surface area contributed by atoms with Crippen LogP contribution in [0.25, 0.3) is 0 Å². The van der Waals surface area contributed by atoms with Gasteiger partial charge in [-0.05, 0) is 37.6 Å². The van der Waals surface area contributed by atoms with Crippen LogP contribution in [0.3, 0.4) is 0 Å². The highest BCUT2D eigenvalue weighted by Gasteiger charge is 2.16. The van der Waals surface area contributed by atoms with Crippen LogP contribution in [0.1, 0.15) is 21.5 Å². The number of Topliss-reactive ketones (excluding diaryl/α,β-unsaturated/α-hetero) is 1. The molecule has 0 aliphatic rings. The quantitative estimate of drug-likeness (QED) is 0.762. The van der Waals surface area contributed by atoms with Crippen molar-refractivity contribution in [2.45, 2.75) is 18.7 Å². The van der Waals surface area contributed by atoms with Gasteiger partial charge in [-0.3, -0.25) is 9.00 Å². The summed E-state index contributed by atoms with van der Waals surface area (Å²) in [6, 6.07) is 10.3. The highest BCUT2D eigenvalue weighted by Crippen LogP contribution is 2.24. The van der Waals surface area contributed by atoms with E-state index in [0.29, 0.717) is 20.5 Å². The number of halogens is 2. The lowest BCUT2D eigenvalue weighted by atomic mass is 10.0. The molecule has 0 amide bonds. The largest absolute Gasteiger partial charge is 0.293 e. The van der Waals surface area contributed by atoms with Gasteiger partial charge in [0.2, 0.25) is 0 Å². The van der Waals surface area contributed by atoms with Crippen molar-refractivity contribution in [3.8, 4) is 0 Å². The summed E-state index contributed by atoms with van der Waals surface area (Å²) >= 11 is 11.9. The monoisotopic (exact) mass is 340 g/mol. The van der Waals surface area contributed by atoms with Crippen molar-refractivity contribution in [2.24, 2.45) is 0 Å². The summed E-state index contributed by atoms with van der Waals surface area (Å²) in [4.78, 5) is 12.7. The second-order valence-electron chi connectivity index (χ2n) is 4.81. The predicted octanol–water partition coefficient (Wildman–Crippen LogP) is 4.60. The van der Waals surface area contributed by atoms with Crippen LogP contribution in [-0.4, -0.2) is 15.7 Å². The van der Waals surface area contributed by atoms with Crippen molar-refractivity contribution < 1.29 is 9.00 Å². The molecule has 1 atom stereocenters. The fourth-order valence-corrected chi connectivity index (χ4v) is 3.76. The van der Waals surface area contributed by atoms with E-state index in [9.17, 15) is 9.00 Å². The Hall–Kier alpha value is -1.16. The molecular formula is C16H14Cl2O2S. The maximum absolute atomic E-state index is 12.3. The minimum atomic E-state index is -1.52. The average molecular weight is 341 g/mol. The third kappa shape index (κ3) is 3.94. The number of rotatable bonds is 4. The molecule has 0 heterocycles. The summed E-state index contributed by atoms with van der Waals surface area (Å²) in [5.41, 5.74) is 2.56. The predicted molar refractivity (Wildman–Crippen MR) is 88.0 cm³/mol. The maximum Gasteiger partial charge on any atom is 0.175 e. The van der Waals surface area contributed by atoms with Crippen molar-refractivity contribution >= 4 is 39.8 Å². The molecule has 0 aromatic heterocycles. The van der Waals surface area contributed by atoms with Crippen LogP contribution in [0, 0.1) is 13.8 Å². The summed E-state index contributed by atoms with van der Waals surface area (Å²) in [5, 5.41) is 0.799. The Kier molecular flexibility index (Phi) is 5.20. The van der Waals surface area contributed by atoms with Gasteiger partial charge >= 0.3 is 0 Å². The van der Waals surface area contributed by atoms with Crippen molar-refractivity contribution in [2.75, 3.05) is 5.75 Å². The number of aryl methyl sites for hydroxylation is 2. The van der Waals surface area contributed by atoms with Crippen LogP contribution in [0.2, 0.25) is 10.0 Å². The van der Waals surface area contributed by atoms with E-state index in [4.69, 9.17) is 23.2 Å². The first kappa shape index (κ1) is 16.2. The molecular weight excluding hydrogens is 327 g/mol. The van der Waals surface area contributed by atoms with Gasteiger partial charge in [-0.25, -0.2) is 0 Å². The first-order valence-corrected chi connectivity index (χ1v) is 8.40. The van der Waals surface area contributed by atoms with Gasteiger partial charge in [-0.15, -0.1) is 0 Å². The molecule has 2 aromatic rings. The molecule has 2 aromatic carbocycles. The number of hydrogen-bond acceptors (Lipinski definition) is 2. The molecule has 2 nitrogen and oxygen atoms in total. The third-order valence-electron chi connectivity index (χ3n) is 3.08. The lowest BCUT2D eigenvalue weighted by Crippen LogP contribution is -2.12. The van der Waals surface area contributed by atoms with Gasteiger partial charge in [0.25, 0.3) is 0 Å². The van der Waals surface area contributed by atoms with E-state index in [2.05, 4.69) is 0 Å². The van der Waals surface area contributed by atoms with E-state index in [1.807, 2.05) is 26.0 Å². The zero-order valence-corrected chi connectivity index (χ0v) is 14.0. The van der Waals surface area contributed by atoms with Crippen molar-refractivity contribution in [1.82, 2.24) is 0 Å². The number of carbonyl (C=O) groups is 1. The lowest BCUT2D eigenvalue weighted by molar-refractivity contribution is 0.102. The molecule has 0 aliphatic carbocycles. The summed E-state index contributed by atoms with van der Waals surface area (Å²) in [6.45, 7) is 3.83. The second-order valence-corrected chi connectivity index (χ2v) is 7.07. The van der Waals surface area contributed by atoms with Gasteiger partial charge in [-0.2, -0.15) is 0 Å². The standard InChI is InChI=1S/C16H14Cl2O2S/c1-10-3-5-13(11(2)7-10)15(19)9-21(20)16-8-12(17)4-6-14(16)18/h3-8H,9H2,1-2H3. The molecule has 110 valence electrons. The zero-order valence-electron chi connectivity index (χ0n) is 11.7. The molecule has 0 saturated heterocycles. The Morgan fingerprint density at radius 1 is 1.10 bits per heavy atom. The van der Waals surface area contributed by atoms with Crippen molar-refractivity contribution in [3.63, 3.8) is 0 Å². The number of carbonyl (C=O) groups excluding carboxylic acids is 1. The van der Waals surface area contributed by atoms with E-state index < -0.39 is 10.8 Å². The molecule has 0 saturated carbocycles. The molecule has 2 rings (SSSR count). The Labute approximate surface area is 136 Å². The van der Waals surface area contributed by atoms with Gasteiger partial charge in [0.05, 0.1) is 26.5 Å². The normalized spacial score (nSPS) is 12.2. The van der Waals surface area contributed by atoms with E-state index in [1.165, 1.54) is 6.07 Å². The van der Waals surface area contributed by atoms with Gasteiger partial charge in [0.15, 0.2) is 5.78 Å². The van der Waals surface area contributed by atoms with Gasteiger partial charge in [0, 0.05) is 10.6 Å². The van der Waals surface area contributed by atoms with E-state index in [0.717, 1.165) is 11.1 Å². The van der Waals surface area contributed by atoms with E-state index >= 15 is 0 Å². The fraction of sp³-hybridized carbons (Fsp3) is 0.188. The van der Waals surface area contributed by atoms with Crippen LogP contribution in [0.5, 0.6) is 0 Å². The molecule has 0 spiro atoms.